The van der Waals surface area contributed by atoms with Gasteiger partial charge in [0.1, 0.15) is 0 Å². The lowest BCUT2D eigenvalue weighted by molar-refractivity contribution is 0.0472. The molecule has 1 aromatic rings. The second kappa shape index (κ2) is 9.99. The number of piperazine rings is 1. The smallest absolute Gasteiger partial charge is 0.253 e. The Kier molecular flexibility index (Phi) is 7.64. The quantitative estimate of drug-likeness (QED) is 0.635. The highest BCUT2D eigenvalue weighted by Gasteiger charge is 2.26. The Morgan fingerprint density at radius 2 is 2.07 bits per heavy atom. The Morgan fingerprint density at radius 1 is 1.31 bits per heavy atom. The summed E-state index contributed by atoms with van der Waals surface area (Å²) in [5.41, 5.74) is 0.368. The van der Waals surface area contributed by atoms with Crippen LogP contribution >= 0.6 is 0 Å². The van der Waals surface area contributed by atoms with Gasteiger partial charge in [-0.2, -0.15) is 0 Å². The van der Waals surface area contributed by atoms with Crippen LogP contribution in [0.4, 0.5) is 0 Å². The third-order valence-electron chi connectivity index (χ3n) is 5.72. The molecule has 0 radical (unpaired) electrons. The van der Waals surface area contributed by atoms with Crippen LogP contribution in [0.2, 0.25) is 0 Å². The molecule has 0 aromatic heterocycles. The summed E-state index contributed by atoms with van der Waals surface area (Å²) >= 11 is 0. The van der Waals surface area contributed by atoms with Crippen molar-refractivity contribution in [3.63, 3.8) is 0 Å². The monoisotopic (exact) mass is 425 g/mol. The molecule has 2 saturated heterocycles. The first-order valence-electron chi connectivity index (χ1n) is 10.3. The largest absolute Gasteiger partial charge is 0.395 e. The number of carbonyl (C=O) groups excluding carboxylic acids is 1. The number of amides is 1. The van der Waals surface area contributed by atoms with Crippen molar-refractivity contribution in [3.05, 3.63) is 29.8 Å². The van der Waals surface area contributed by atoms with E-state index in [1.807, 2.05) is 6.92 Å². The molecule has 2 heterocycles. The predicted octanol–water partition coefficient (Wildman–Crippen LogP) is 0.673. The third kappa shape index (κ3) is 5.55. The number of nitrogens with zero attached hydrogens (tertiary/aromatic N) is 2. The molecule has 2 aliphatic heterocycles. The Hall–Kier alpha value is -1.52. The second-order valence-corrected chi connectivity index (χ2v) is 9.35. The van der Waals surface area contributed by atoms with Gasteiger partial charge < -0.3 is 14.7 Å². The molecular weight excluding hydrogens is 394 g/mol. The summed E-state index contributed by atoms with van der Waals surface area (Å²) in [5.74, 6) is -0.169. The topological polar surface area (TPSA) is 99.2 Å². The van der Waals surface area contributed by atoms with Crippen molar-refractivity contribution in [2.24, 2.45) is 0 Å². The molecule has 0 spiro atoms. The number of carbonyl (C=O) groups is 1. The predicted molar refractivity (Wildman–Crippen MR) is 109 cm³/mol. The number of sulfonamides is 1. The Balaban J connectivity index is 1.62. The number of rotatable bonds is 8. The standard InChI is InChI=1S/C20H31N3O5S/c1-2-17(15-24)22-8-10-23(11-9-22)20(25)16-5-3-7-19(13-16)29(26,27)21-14-18-6-4-12-28-18/h3,5,7,13,17-18,21,24H,2,4,6,8-12,14-15H2,1H3/t17-,18-/m0/s1. The molecule has 0 bridgehead atoms. The average Bonchev–Trinajstić information content (AvgIpc) is 3.27. The van der Waals surface area contributed by atoms with Crippen LogP contribution in [-0.4, -0.2) is 87.3 Å². The maximum Gasteiger partial charge on any atom is 0.253 e. The molecule has 2 N–H and O–H groups in total. The molecule has 9 heteroatoms. The van der Waals surface area contributed by atoms with E-state index < -0.39 is 10.0 Å². The van der Waals surface area contributed by atoms with E-state index >= 15 is 0 Å². The van der Waals surface area contributed by atoms with E-state index in [0.717, 1.165) is 19.3 Å². The number of ether oxygens (including phenoxy) is 1. The molecular formula is C20H31N3O5S. The maximum absolute atomic E-state index is 12.9. The van der Waals surface area contributed by atoms with Crippen molar-refractivity contribution >= 4 is 15.9 Å². The van der Waals surface area contributed by atoms with Gasteiger partial charge in [-0.25, -0.2) is 13.1 Å². The Morgan fingerprint density at radius 3 is 2.69 bits per heavy atom. The van der Waals surface area contributed by atoms with Crippen molar-refractivity contribution in [1.82, 2.24) is 14.5 Å². The summed E-state index contributed by atoms with van der Waals surface area (Å²) in [6.07, 6.45) is 2.57. The zero-order valence-electron chi connectivity index (χ0n) is 16.9. The van der Waals surface area contributed by atoms with Gasteiger partial charge in [0.25, 0.3) is 5.91 Å². The molecule has 162 valence electrons. The first kappa shape index (κ1) is 22.2. The average molecular weight is 426 g/mol. The normalized spacial score (nSPS) is 22.0. The lowest BCUT2D eigenvalue weighted by Crippen LogP contribution is -2.52. The van der Waals surface area contributed by atoms with Crippen LogP contribution < -0.4 is 4.72 Å². The summed E-state index contributed by atoms with van der Waals surface area (Å²) in [6.45, 7) is 5.58. The maximum atomic E-state index is 12.9. The highest BCUT2D eigenvalue weighted by atomic mass is 32.2. The minimum absolute atomic E-state index is 0.0863. The van der Waals surface area contributed by atoms with Gasteiger partial charge in [-0.3, -0.25) is 9.69 Å². The van der Waals surface area contributed by atoms with Crippen molar-refractivity contribution in [1.29, 1.82) is 0 Å². The molecule has 1 aromatic carbocycles. The van der Waals surface area contributed by atoms with E-state index in [1.165, 1.54) is 12.1 Å². The second-order valence-electron chi connectivity index (χ2n) is 7.59. The van der Waals surface area contributed by atoms with Crippen LogP contribution in [0, 0.1) is 0 Å². The lowest BCUT2D eigenvalue weighted by atomic mass is 10.1. The third-order valence-corrected chi connectivity index (χ3v) is 7.14. The highest BCUT2D eigenvalue weighted by Crippen LogP contribution is 2.17. The van der Waals surface area contributed by atoms with Gasteiger partial charge in [-0.15, -0.1) is 0 Å². The van der Waals surface area contributed by atoms with Gasteiger partial charge in [0.05, 0.1) is 17.6 Å². The van der Waals surface area contributed by atoms with Crippen molar-refractivity contribution in [2.75, 3.05) is 45.9 Å². The molecule has 2 fully saturated rings. The van der Waals surface area contributed by atoms with Gasteiger partial charge in [0.15, 0.2) is 0 Å². The van der Waals surface area contributed by atoms with E-state index in [4.69, 9.17) is 4.74 Å². The van der Waals surface area contributed by atoms with Gasteiger partial charge in [0, 0.05) is 50.9 Å². The summed E-state index contributed by atoms with van der Waals surface area (Å²) in [5, 5.41) is 9.46. The molecule has 0 saturated carbocycles. The van der Waals surface area contributed by atoms with Crippen LogP contribution in [-0.2, 0) is 14.8 Å². The fraction of sp³-hybridized carbons (Fsp3) is 0.650. The summed E-state index contributed by atoms with van der Waals surface area (Å²) < 4.78 is 33.3. The van der Waals surface area contributed by atoms with Gasteiger partial charge in [0.2, 0.25) is 10.0 Å². The fourth-order valence-corrected chi connectivity index (χ4v) is 4.97. The van der Waals surface area contributed by atoms with E-state index in [0.29, 0.717) is 38.3 Å². The highest BCUT2D eigenvalue weighted by molar-refractivity contribution is 7.89. The minimum atomic E-state index is -3.70. The number of nitrogens with one attached hydrogen (secondary N) is 1. The van der Waals surface area contributed by atoms with Crippen molar-refractivity contribution in [2.45, 2.75) is 43.2 Å². The SMILES string of the molecule is CC[C@@H](CO)N1CCN(C(=O)c2cccc(S(=O)(=O)NC[C@@H]3CCCO3)c2)CC1. The number of benzene rings is 1. The Labute approximate surface area is 172 Å². The molecule has 2 atom stereocenters. The molecule has 0 unspecified atom stereocenters. The summed E-state index contributed by atoms with van der Waals surface area (Å²) in [7, 11) is -3.70. The number of aliphatic hydroxyl groups is 1. The molecule has 8 nitrogen and oxygen atoms in total. The first-order valence-corrected chi connectivity index (χ1v) is 11.8. The van der Waals surface area contributed by atoms with E-state index in [9.17, 15) is 18.3 Å². The molecule has 2 aliphatic rings. The summed E-state index contributed by atoms with van der Waals surface area (Å²) in [4.78, 5) is 16.9. The Bertz CT molecular complexity index is 783. The zero-order chi connectivity index (χ0) is 20.9. The van der Waals surface area contributed by atoms with Gasteiger partial charge in [-0.1, -0.05) is 13.0 Å². The van der Waals surface area contributed by atoms with Crippen LogP contribution in [0.1, 0.15) is 36.5 Å². The lowest BCUT2D eigenvalue weighted by Gasteiger charge is -2.38. The van der Waals surface area contributed by atoms with Crippen LogP contribution in [0.5, 0.6) is 0 Å². The fourth-order valence-electron chi connectivity index (χ4n) is 3.86. The first-order chi connectivity index (χ1) is 13.9. The number of hydrogen-bond donors (Lipinski definition) is 2. The van der Waals surface area contributed by atoms with Crippen LogP contribution in [0.3, 0.4) is 0 Å². The van der Waals surface area contributed by atoms with Crippen molar-refractivity contribution < 1.29 is 23.1 Å². The molecule has 29 heavy (non-hydrogen) atoms. The van der Waals surface area contributed by atoms with Crippen LogP contribution in [0.15, 0.2) is 29.2 Å². The number of aliphatic hydroxyl groups excluding tert-OH is 1. The number of hydrogen-bond acceptors (Lipinski definition) is 6. The molecule has 3 rings (SSSR count). The van der Waals surface area contributed by atoms with Gasteiger partial charge in [-0.05, 0) is 37.5 Å². The minimum Gasteiger partial charge on any atom is -0.395 e. The van der Waals surface area contributed by atoms with Gasteiger partial charge >= 0.3 is 0 Å². The van der Waals surface area contributed by atoms with E-state index in [2.05, 4.69) is 9.62 Å². The van der Waals surface area contributed by atoms with Crippen LogP contribution in [0.25, 0.3) is 0 Å². The van der Waals surface area contributed by atoms with E-state index in [1.54, 1.807) is 17.0 Å². The van der Waals surface area contributed by atoms with E-state index in [-0.39, 0.29) is 36.1 Å². The zero-order valence-corrected chi connectivity index (χ0v) is 17.7. The van der Waals surface area contributed by atoms with Crippen molar-refractivity contribution in [3.8, 4) is 0 Å². The molecule has 0 aliphatic carbocycles. The molecule has 1 amide bonds. The summed E-state index contributed by atoms with van der Waals surface area (Å²) in [6, 6.07) is 6.31.